The predicted octanol–water partition coefficient (Wildman–Crippen LogP) is 2.71. The molecule has 86 valence electrons. The van der Waals surface area contributed by atoms with Crippen LogP contribution in [0.5, 0.6) is 0 Å². The first-order chi connectivity index (χ1) is 7.24. The molecule has 1 N–H and O–H groups in total. The predicted molar refractivity (Wildman–Crippen MR) is 65.0 cm³/mol. The average molecular weight is 274 g/mol. The molecule has 0 bridgehead atoms. The Kier molecular flexibility index (Phi) is 3.70. The zero-order valence-electron chi connectivity index (χ0n) is 9.34. The number of carbonyl (C=O) groups excluding carboxylic acids is 1. The van der Waals surface area contributed by atoms with E-state index in [9.17, 15) is 4.79 Å². The van der Waals surface area contributed by atoms with Gasteiger partial charge >= 0.3 is 0 Å². The van der Waals surface area contributed by atoms with Crippen molar-refractivity contribution in [3.8, 4) is 0 Å². The number of hydrogen-bond donors (Lipinski definition) is 1. The van der Waals surface area contributed by atoms with Gasteiger partial charge in [0.25, 0.3) is 0 Å². The molecule has 0 aliphatic heterocycles. The van der Waals surface area contributed by atoms with Crippen molar-refractivity contribution in [2.24, 2.45) is 17.8 Å². The summed E-state index contributed by atoms with van der Waals surface area (Å²) in [5.74, 6) is 2.14. The van der Waals surface area contributed by atoms with E-state index in [0.29, 0.717) is 16.7 Å². The van der Waals surface area contributed by atoms with Crippen molar-refractivity contribution in [1.82, 2.24) is 5.32 Å². The van der Waals surface area contributed by atoms with Crippen LogP contribution in [-0.4, -0.2) is 17.3 Å². The lowest BCUT2D eigenvalue weighted by Gasteiger charge is -2.08. The third-order valence-electron chi connectivity index (χ3n) is 3.90. The molecule has 2 fully saturated rings. The van der Waals surface area contributed by atoms with Crippen molar-refractivity contribution in [3.63, 3.8) is 0 Å². The van der Waals surface area contributed by atoms with Crippen LogP contribution in [0.4, 0.5) is 0 Å². The molecule has 0 saturated heterocycles. The van der Waals surface area contributed by atoms with E-state index in [1.165, 1.54) is 25.7 Å². The second kappa shape index (κ2) is 4.86. The lowest BCUT2D eigenvalue weighted by molar-refractivity contribution is -0.122. The minimum absolute atomic E-state index is 0.310. The van der Waals surface area contributed by atoms with Gasteiger partial charge in [-0.05, 0) is 31.1 Å². The Morgan fingerprint density at radius 3 is 2.53 bits per heavy atom. The maximum absolute atomic E-state index is 11.9. The molecule has 2 saturated carbocycles. The van der Waals surface area contributed by atoms with Crippen molar-refractivity contribution in [2.75, 3.05) is 6.54 Å². The number of halogens is 1. The summed E-state index contributed by atoms with van der Waals surface area (Å²) in [5.41, 5.74) is 0. The van der Waals surface area contributed by atoms with Crippen molar-refractivity contribution in [2.45, 2.75) is 43.9 Å². The molecule has 0 aromatic carbocycles. The van der Waals surface area contributed by atoms with Crippen LogP contribution in [0.1, 0.15) is 39.0 Å². The quantitative estimate of drug-likeness (QED) is 0.785. The van der Waals surface area contributed by atoms with Gasteiger partial charge in [-0.15, -0.1) is 0 Å². The highest BCUT2D eigenvalue weighted by atomic mass is 79.9. The van der Waals surface area contributed by atoms with Gasteiger partial charge in [0.2, 0.25) is 5.91 Å². The summed E-state index contributed by atoms with van der Waals surface area (Å²) in [6.45, 7) is 2.91. The van der Waals surface area contributed by atoms with Crippen molar-refractivity contribution in [1.29, 1.82) is 0 Å². The molecule has 0 radical (unpaired) electrons. The third-order valence-corrected chi connectivity index (χ3v) is 4.87. The van der Waals surface area contributed by atoms with Gasteiger partial charge in [0.1, 0.15) is 0 Å². The Balaban J connectivity index is 1.73. The topological polar surface area (TPSA) is 29.1 Å². The van der Waals surface area contributed by atoms with Gasteiger partial charge in [0.05, 0.1) is 0 Å². The molecule has 3 unspecified atom stereocenters. The number of alkyl halides is 1. The van der Waals surface area contributed by atoms with E-state index in [1.54, 1.807) is 0 Å². The van der Waals surface area contributed by atoms with Crippen molar-refractivity contribution in [3.05, 3.63) is 0 Å². The van der Waals surface area contributed by atoms with Crippen LogP contribution in [0.3, 0.4) is 0 Å². The molecule has 3 atom stereocenters. The summed E-state index contributed by atoms with van der Waals surface area (Å²) >= 11 is 3.54. The molecular weight excluding hydrogens is 254 g/mol. The second-order valence-electron chi connectivity index (χ2n) is 4.89. The minimum atomic E-state index is 0.310. The summed E-state index contributed by atoms with van der Waals surface area (Å²) < 4.78 is 0. The summed E-state index contributed by atoms with van der Waals surface area (Å²) in [5, 5.41) is 3.07. The van der Waals surface area contributed by atoms with Crippen LogP contribution < -0.4 is 5.32 Å². The monoisotopic (exact) mass is 273 g/mol. The largest absolute Gasteiger partial charge is 0.355 e. The Labute approximate surface area is 100 Å². The lowest BCUT2D eigenvalue weighted by Crippen LogP contribution is -2.31. The first-order valence-electron chi connectivity index (χ1n) is 6.15. The Morgan fingerprint density at radius 2 is 2.00 bits per heavy atom. The zero-order chi connectivity index (χ0) is 10.8. The Bertz CT molecular complexity index is 232. The van der Waals surface area contributed by atoms with Crippen molar-refractivity contribution < 1.29 is 4.79 Å². The normalized spacial score (nSPS) is 35.5. The highest BCUT2D eigenvalue weighted by Gasteiger charge is 2.54. The summed E-state index contributed by atoms with van der Waals surface area (Å²) in [6.07, 6.45) is 6.31. The highest BCUT2D eigenvalue weighted by Crippen LogP contribution is 2.55. The summed E-state index contributed by atoms with van der Waals surface area (Å²) in [7, 11) is 0. The maximum atomic E-state index is 11.9. The molecule has 1 amide bonds. The SMILES string of the molecule is CCC(Br)CNC(=O)C1C2CCCCC21. The first kappa shape index (κ1) is 11.4. The summed E-state index contributed by atoms with van der Waals surface area (Å²) in [4.78, 5) is 12.3. The molecule has 3 heteroatoms. The third kappa shape index (κ3) is 2.55. The van der Waals surface area contributed by atoms with Gasteiger partial charge in [-0.1, -0.05) is 35.7 Å². The molecule has 0 heterocycles. The van der Waals surface area contributed by atoms with E-state index >= 15 is 0 Å². The number of fused-ring (bicyclic) bond motifs is 1. The van der Waals surface area contributed by atoms with Crippen LogP contribution in [0.2, 0.25) is 0 Å². The minimum Gasteiger partial charge on any atom is -0.355 e. The van der Waals surface area contributed by atoms with Gasteiger partial charge in [-0.25, -0.2) is 0 Å². The van der Waals surface area contributed by atoms with Crippen LogP contribution >= 0.6 is 15.9 Å². The Hall–Kier alpha value is -0.0500. The summed E-state index contributed by atoms with van der Waals surface area (Å²) in [6, 6.07) is 0. The zero-order valence-corrected chi connectivity index (χ0v) is 10.9. The number of rotatable bonds is 4. The fourth-order valence-corrected chi connectivity index (χ4v) is 3.02. The molecule has 0 spiro atoms. The molecule has 2 rings (SSSR count). The molecule has 2 aliphatic carbocycles. The van der Waals surface area contributed by atoms with Gasteiger partial charge in [-0.3, -0.25) is 4.79 Å². The van der Waals surface area contributed by atoms with E-state index < -0.39 is 0 Å². The number of carbonyl (C=O) groups is 1. The number of nitrogens with one attached hydrogen (secondary N) is 1. The number of amides is 1. The van der Waals surface area contributed by atoms with Crippen LogP contribution in [0, 0.1) is 17.8 Å². The highest BCUT2D eigenvalue weighted by molar-refractivity contribution is 9.09. The van der Waals surface area contributed by atoms with Gasteiger partial charge in [-0.2, -0.15) is 0 Å². The van der Waals surface area contributed by atoms with Gasteiger partial charge in [0.15, 0.2) is 0 Å². The van der Waals surface area contributed by atoms with Gasteiger partial charge in [0, 0.05) is 17.3 Å². The van der Waals surface area contributed by atoms with E-state index in [2.05, 4.69) is 28.2 Å². The number of hydrogen-bond acceptors (Lipinski definition) is 1. The molecular formula is C12H20BrNO. The van der Waals surface area contributed by atoms with E-state index in [4.69, 9.17) is 0 Å². The molecule has 2 aliphatic rings. The van der Waals surface area contributed by atoms with Crippen LogP contribution in [-0.2, 0) is 4.79 Å². The lowest BCUT2D eigenvalue weighted by atomic mass is 10.0. The van der Waals surface area contributed by atoms with Gasteiger partial charge < -0.3 is 5.32 Å². The smallest absolute Gasteiger partial charge is 0.223 e. The fourth-order valence-electron chi connectivity index (χ4n) is 2.85. The van der Waals surface area contributed by atoms with Crippen LogP contribution in [0.25, 0.3) is 0 Å². The fraction of sp³-hybridized carbons (Fsp3) is 0.917. The van der Waals surface area contributed by atoms with E-state index in [1.807, 2.05) is 0 Å². The molecule has 2 nitrogen and oxygen atoms in total. The average Bonchev–Trinajstić information content (AvgIpc) is 2.99. The van der Waals surface area contributed by atoms with Crippen LogP contribution in [0.15, 0.2) is 0 Å². The second-order valence-corrected chi connectivity index (χ2v) is 6.18. The molecule has 15 heavy (non-hydrogen) atoms. The maximum Gasteiger partial charge on any atom is 0.223 e. The first-order valence-corrected chi connectivity index (χ1v) is 7.07. The van der Waals surface area contributed by atoms with E-state index in [-0.39, 0.29) is 0 Å². The standard InChI is InChI=1S/C12H20BrNO/c1-2-8(13)7-14-12(15)11-9-5-3-4-6-10(9)11/h8-11H,2-7H2,1H3,(H,14,15). The molecule has 0 aromatic heterocycles. The van der Waals surface area contributed by atoms with Crippen molar-refractivity contribution >= 4 is 21.8 Å². The Morgan fingerprint density at radius 1 is 1.40 bits per heavy atom. The molecule has 0 aromatic rings. The van der Waals surface area contributed by atoms with E-state index in [0.717, 1.165) is 24.8 Å².